The molecule has 0 atom stereocenters. The van der Waals surface area contributed by atoms with E-state index in [4.69, 9.17) is 58.0 Å². The molecule has 22 rings (SSSR count). The minimum atomic E-state index is 0.144. The second-order valence-electron chi connectivity index (χ2n) is 31.0. The minimum Gasteiger partial charge on any atom is -0.0819 e. The zero-order valence-electron chi connectivity index (χ0n) is 66.5. The van der Waals surface area contributed by atoms with E-state index < -0.39 is 0 Å². The summed E-state index contributed by atoms with van der Waals surface area (Å²) >= 11 is 32.5. The molecule has 0 amide bonds. The van der Waals surface area contributed by atoms with Crippen molar-refractivity contribution in [2.45, 2.75) is 6.92 Å². The van der Waals surface area contributed by atoms with Crippen LogP contribution in [0.15, 0.2) is 437 Å². The van der Waals surface area contributed by atoms with Gasteiger partial charge in [-0.1, -0.05) is 482 Å². The number of hydrogen-bond donors (Lipinski definition) is 0. The molecule has 0 saturated heterocycles. The van der Waals surface area contributed by atoms with Crippen molar-refractivity contribution in [3.63, 3.8) is 0 Å². The molecule has 5 heteroatoms. The minimum absolute atomic E-state index is 0.144. The summed E-state index contributed by atoms with van der Waals surface area (Å²) in [6.07, 6.45) is 0. The van der Waals surface area contributed by atoms with E-state index in [1.54, 1.807) is 0 Å². The Balaban J connectivity index is 0.000000120. The van der Waals surface area contributed by atoms with Crippen LogP contribution < -0.4 is 0 Å². The second-order valence-corrected chi connectivity index (χ2v) is 32.8. The molecule has 22 aromatic carbocycles. The topological polar surface area (TPSA) is 0 Å². The number of halogens is 5. The Labute approximate surface area is 735 Å². The molecule has 0 aromatic heterocycles. The maximum Gasteiger partial charge on any atom is 0.0809 e. The third-order valence-corrected chi connectivity index (χ3v) is 26.1. The Bertz CT molecular complexity index is 7650. The zero-order valence-corrected chi connectivity index (χ0v) is 70.2. The van der Waals surface area contributed by atoms with Crippen molar-refractivity contribution in [3.8, 4) is 122 Å². The molecule has 0 spiro atoms. The van der Waals surface area contributed by atoms with E-state index in [0.29, 0.717) is 5.56 Å². The quantitative estimate of drug-likeness (QED) is 0.0688. The molecule has 0 saturated carbocycles. The standard InChI is InChI=1S/C52H34.C33H24.C32H17Cl5/c1-4-16-35(17-5-1)36-28-30-39(31-29-36)50-42-23-11-14-26-45(42)52(46-27-15-12-24-43(46)50)40-32-33-47-48(34-40)51(38-20-8-3-9-21-38)44-25-13-10-22-41(44)49(47)37-18-6-2-7-19-37;1-23-16-18-24(19-17-23)27-20-21-30-31(22-27)33(26-12-6-3-7-13-26)29-15-9-8-14-28(29)32(30)25-10-4-2-5-11-25;33-28-27(29(34)31(36)32(37)30(28)35)20-15-16-23-24(17-20)26(19-11-5-2-6-12-19)22-14-8-7-13-21(22)25(23)18-9-3-1-4-10-18/h1-34H;2-22H,1H3;1-17H. The first kappa shape index (κ1) is 77.0. The number of fused-ring (bicyclic) bond motifs is 8. The largest absolute Gasteiger partial charge is 0.0819 e. The molecule has 0 aliphatic carbocycles. The van der Waals surface area contributed by atoms with Crippen LogP contribution in [0, 0.1) is 6.92 Å². The van der Waals surface area contributed by atoms with Gasteiger partial charge in [0.2, 0.25) is 0 Å². The van der Waals surface area contributed by atoms with Crippen molar-refractivity contribution in [3.05, 3.63) is 467 Å². The Morgan fingerprint density at radius 2 is 0.270 bits per heavy atom. The summed E-state index contributed by atoms with van der Waals surface area (Å²) < 4.78 is 0. The number of rotatable bonds is 11. The smallest absolute Gasteiger partial charge is 0.0809 e. The van der Waals surface area contributed by atoms with Crippen LogP contribution in [0.4, 0.5) is 0 Å². The van der Waals surface area contributed by atoms with Crippen molar-refractivity contribution < 1.29 is 0 Å². The summed E-state index contributed by atoms with van der Waals surface area (Å²) in [5, 5.41) is 20.8. The lowest BCUT2D eigenvalue weighted by Gasteiger charge is -2.21. The van der Waals surface area contributed by atoms with Gasteiger partial charge in [0.05, 0.1) is 25.1 Å². The van der Waals surface area contributed by atoms with E-state index in [1.165, 1.54) is 170 Å². The van der Waals surface area contributed by atoms with E-state index in [9.17, 15) is 0 Å². The van der Waals surface area contributed by atoms with Gasteiger partial charge in [0.15, 0.2) is 0 Å². The highest BCUT2D eigenvalue weighted by Gasteiger charge is 2.26. The summed E-state index contributed by atoms with van der Waals surface area (Å²) in [6.45, 7) is 2.13. The van der Waals surface area contributed by atoms with Gasteiger partial charge in [-0.3, -0.25) is 0 Å². The molecule has 0 aliphatic rings. The Morgan fingerprint density at radius 3 is 0.549 bits per heavy atom. The molecule has 0 heterocycles. The molecule has 22 aromatic rings. The molecule has 0 unspecified atom stereocenters. The average molecular weight is 1660 g/mol. The van der Waals surface area contributed by atoms with Crippen LogP contribution in [0.2, 0.25) is 25.1 Å². The molecule has 0 bridgehead atoms. The fraction of sp³-hybridized carbons (Fsp3) is 0.00855. The van der Waals surface area contributed by atoms with Crippen LogP contribution in [-0.4, -0.2) is 0 Å². The first-order valence-electron chi connectivity index (χ1n) is 41.1. The van der Waals surface area contributed by atoms with E-state index in [-0.39, 0.29) is 25.1 Å². The highest BCUT2D eigenvalue weighted by Crippen LogP contribution is 2.54. The SMILES string of the molecule is Cc1ccc(-c2ccc3c(-c4ccccc4)c4ccccc4c(-c4ccccc4)c3c2)cc1.Clc1c(Cl)c(Cl)c(-c2ccc3c(-c4ccccc4)c4ccccc4c(-c4ccccc4)c3c2)c(Cl)c1Cl.c1ccc(-c2ccc(-c3c4ccccc4c(-c4ccc5c(-c6ccccc6)c6ccccc6c(-c6ccccc6)c5c4)c4ccccc34)cc2)cc1. The molecule has 122 heavy (non-hydrogen) atoms. The number of aryl methyl sites for hydroxylation is 1. The predicted molar refractivity (Wildman–Crippen MR) is 529 cm³/mol. The van der Waals surface area contributed by atoms with Crippen LogP contribution in [0.5, 0.6) is 0 Å². The molecule has 0 aliphatic heterocycles. The fourth-order valence-electron chi connectivity index (χ4n) is 18.3. The van der Waals surface area contributed by atoms with Crippen LogP contribution in [-0.2, 0) is 0 Å². The summed E-state index contributed by atoms with van der Waals surface area (Å²) in [7, 11) is 0. The highest BCUT2D eigenvalue weighted by atomic mass is 35.5. The van der Waals surface area contributed by atoms with Crippen molar-refractivity contribution in [1.82, 2.24) is 0 Å². The van der Waals surface area contributed by atoms with E-state index in [2.05, 4.69) is 426 Å². The normalized spacial score (nSPS) is 11.4. The molecular weight excluding hydrogens is 1580 g/mol. The Morgan fingerprint density at radius 1 is 0.115 bits per heavy atom. The van der Waals surface area contributed by atoms with E-state index >= 15 is 0 Å². The molecular formula is C117H75Cl5. The third-order valence-electron chi connectivity index (χ3n) is 23.8. The Hall–Kier alpha value is -13.6. The average Bonchev–Trinajstić information content (AvgIpc) is 0.734. The summed E-state index contributed by atoms with van der Waals surface area (Å²) in [6, 6.07) is 157. The first-order chi connectivity index (χ1) is 60.1. The first-order valence-corrected chi connectivity index (χ1v) is 43.0. The Kier molecular flexibility index (Phi) is 21.2. The summed E-state index contributed by atoms with van der Waals surface area (Å²) in [4.78, 5) is 0. The van der Waals surface area contributed by atoms with Gasteiger partial charge in [0, 0.05) is 5.56 Å². The van der Waals surface area contributed by atoms with Gasteiger partial charge in [-0.15, -0.1) is 0 Å². The lowest BCUT2D eigenvalue weighted by atomic mass is 9.82. The van der Waals surface area contributed by atoms with Crippen molar-refractivity contribution in [1.29, 1.82) is 0 Å². The van der Waals surface area contributed by atoms with Crippen molar-refractivity contribution >= 4 is 144 Å². The summed E-state index contributed by atoms with van der Waals surface area (Å²) in [5.41, 5.74) is 27.2. The summed E-state index contributed by atoms with van der Waals surface area (Å²) in [5.74, 6) is 0. The van der Waals surface area contributed by atoms with Crippen molar-refractivity contribution in [2.24, 2.45) is 0 Å². The number of hydrogen-bond acceptors (Lipinski definition) is 0. The lowest BCUT2D eigenvalue weighted by Crippen LogP contribution is -1.93. The van der Waals surface area contributed by atoms with Crippen molar-refractivity contribution in [2.75, 3.05) is 0 Å². The van der Waals surface area contributed by atoms with Gasteiger partial charge in [0.25, 0.3) is 0 Å². The van der Waals surface area contributed by atoms with Gasteiger partial charge in [-0.25, -0.2) is 0 Å². The van der Waals surface area contributed by atoms with Gasteiger partial charge >= 0.3 is 0 Å². The maximum absolute atomic E-state index is 6.68. The highest BCUT2D eigenvalue weighted by molar-refractivity contribution is 6.56. The second kappa shape index (κ2) is 33.5. The van der Waals surface area contributed by atoms with E-state index in [0.717, 1.165) is 38.4 Å². The molecule has 0 radical (unpaired) electrons. The van der Waals surface area contributed by atoms with Gasteiger partial charge in [0.1, 0.15) is 0 Å². The van der Waals surface area contributed by atoms with E-state index in [1.807, 2.05) is 18.2 Å². The van der Waals surface area contributed by atoms with Crippen LogP contribution >= 0.6 is 58.0 Å². The van der Waals surface area contributed by atoms with Gasteiger partial charge < -0.3 is 0 Å². The predicted octanol–water partition coefficient (Wildman–Crippen LogP) is 36.2. The van der Waals surface area contributed by atoms with Gasteiger partial charge in [-0.05, 0) is 228 Å². The lowest BCUT2D eigenvalue weighted by molar-refractivity contribution is 1.47. The third kappa shape index (κ3) is 14.2. The zero-order chi connectivity index (χ0) is 82.3. The van der Waals surface area contributed by atoms with Crippen LogP contribution in [0.1, 0.15) is 5.56 Å². The molecule has 0 N–H and O–H groups in total. The fourth-order valence-corrected chi connectivity index (χ4v) is 19.7. The molecule has 578 valence electrons. The maximum atomic E-state index is 6.68. The van der Waals surface area contributed by atoms with Crippen LogP contribution in [0.3, 0.4) is 0 Å². The molecule has 0 nitrogen and oxygen atoms in total. The van der Waals surface area contributed by atoms with Crippen LogP contribution in [0.25, 0.3) is 209 Å². The molecule has 0 fully saturated rings. The monoisotopic (exact) mass is 1650 g/mol. The number of benzene rings is 22. The van der Waals surface area contributed by atoms with Gasteiger partial charge in [-0.2, -0.15) is 0 Å².